The van der Waals surface area contributed by atoms with Crippen molar-refractivity contribution in [1.82, 2.24) is 15.3 Å². The molecule has 0 saturated carbocycles. The van der Waals surface area contributed by atoms with E-state index < -0.39 is 0 Å². The van der Waals surface area contributed by atoms with Crippen LogP contribution in [-0.4, -0.2) is 23.1 Å². The number of ether oxygens (including phenoxy) is 1. The zero-order valence-corrected chi connectivity index (χ0v) is 12.6. The summed E-state index contributed by atoms with van der Waals surface area (Å²) in [4.78, 5) is 8.65. The predicted molar refractivity (Wildman–Crippen MR) is 83.2 cm³/mol. The largest absolute Gasteiger partial charge is 0.473 e. The molecule has 1 aromatic carbocycles. The number of hydrogen-bond donors (Lipinski definition) is 1. The van der Waals surface area contributed by atoms with E-state index in [1.807, 2.05) is 0 Å². The number of benzene rings is 1. The highest BCUT2D eigenvalue weighted by molar-refractivity contribution is 6.30. The fourth-order valence-electron chi connectivity index (χ4n) is 2.19. The SMILES string of the molecule is Fc1cc(Cl)ccc1COc1ccnc(C2=CCNCC2)n1. The lowest BCUT2D eigenvalue weighted by Crippen LogP contribution is -2.20. The van der Waals surface area contributed by atoms with Crippen molar-refractivity contribution >= 4 is 17.2 Å². The Morgan fingerprint density at radius 2 is 2.23 bits per heavy atom. The number of hydrogen-bond acceptors (Lipinski definition) is 4. The van der Waals surface area contributed by atoms with Gasteiger partial charge in [-0.1, -0.05) is 23.7 Å². The van der Waals surface area contributed by atoms with Crippen LogP contribution in [0.1, 0.15) is 17.8 Å². The van der Waals surface area contributed by atoms with Gasteiger partial charge in [0.25, 0.3) is 0 Å². The lowest BCUT2D eigenvalue weighted by Gasteiger charge is -2.13. The third kappa shape index (κ3) is 3.61. The summed E-state index contributed by atoms with van der Waals surface area (Å²) in [7, 11) is 0. The minimum absolute atomic E-state index is 0.0973. The van der Waals surface area contributed by atoms with Gasteiger partial charge >= 0.3 is 0 Å². The Balaban J connectivity index is 1.71. The van der Waals surface area contributed by atoms with Crippen LogP contribution in [0.3, 0.4) is 0 Å². The van der Waals surface area contributed by atoms with E-state index in [4.69, 9.17) is 16.3 Å². The van der Waals surface area contributed by atoms with Gasteiger partial charge in [-0.2, -0.15) is 4.98 Å². The molecular weight excluding hydrogens is 305 g/mol. The molecule has 0 aliphatic carbocycles. The molecule has 0 fully saturated rings. The highest BCUT2D eigenvalue weighted by Crippen LogP contribution is 2.19. The minimum atomic E-state index is -0.386. The maximum Gasteiger partial charge on any atom is 0.217 e. The first-order valence-electron chi connectivity index (χ1n) is 7.02. The summed E-state index contributed by atoms with van der Waals surface area (Å²) >= 11 is 5.73. The second-order valence-electron chi connectivity index (χ2n) is 4.93. The molecule has 0 bridgehead atoms. The molecule has 0 atom stereocenters. The van der Waals surface area contributed by atoms with Gasteiger partial charge in [0.05, 0.1) is 0 Å². The first-order valence-corrected chi connectivity index (χ1v) is 7.40. The summed E-state index contributed by atoms with van der Waals surface area (Å²) in [6.07, 6.45) is 4.61. The molecular formula is C16H15ClFN3O. The lowest BCUT2D eigenvalue weighted by atomic mass is 10.1. The molecule has 3 rings (SSSR count). The van der Waals surface area contributed by atoms with Gasteiger partial charge in [0, 0.05) is 29.4 Å². The summed E-state index contributed by atoms with van der Waals surface area (Å²) in [5.74, 6) is 0.706. The maximum atomic E-state index is 13.7. The summed E-state index contributed by atoms with van der Waals surface area (Å²) < 4.78 is 19.3. The van der Waals surface area contributed by atoms with Crippen molar-refractivity contribution in [2.75, 3.05) is 13.1 Å². The monoisotopic (exact) mass is 319 g/mol. The molecule has 2 heterocycles. The van der Waals surface area contributed by atoms with Gasteiger partial charge in [0.1, 0.15) is 12.4 Å². The Morgan fingerprint density at radius 1 is 1.32 bits per heavy atom. The Bertz CT molecular complexity index is 706. The Labute approximate surface area is 133 Å². The van der Waals surface area contributed by atoms with Gasteiger partial charge in [-0.3, -0.25) is 0 Å². The molecule has 1 aromatic heterocycles. The predicted octanol–water partition coefficient (Wildman–Crippen LogP) is 3.22. The van der Waals surface area contributed by atoms with E-state index >= 15 is 0 Å². The molecule has 0 radical (unpaired) electrons. The van der Waals surface area contributed by atoms with Crippen molar-refractivity contribution in [3.05, 3.63) is 58.8 Å². The molecule has 6 heteroatoms. The maximum absolute atomic E-state index is 13.7. The molecule has 114 valence electrons. The molecule has 2 aromatic rings. The second-order valence-corrected chi connectivity index (χ2v) is 5.36. The average molecular weight is 320 g/mol. The molecule has 1 aliphatic heterocycles. The second kappa shape index (κ2) is 6.85. The molecule has 4 nitrogen and oxygen atoms in total. The van der Waals surface area contributed by atoms with Crippen molar-refractivity contribution < 1.29 is 9.13 Å². The van der Waals surface area contributed by atoms with E-state index in [0.29, 0.717) is 22.3 Å². The average Bonchev–Trinajstić information content (AvgIpc) is 2.55. The summed E-state index contributed by atoms with van der Waals surface area (Å²) in [6, 6.07) is 6.17. The van der Waals surface area contributed by atoms with Crippen molar-refractivity contribution in [2.24, 2.45) is 0 Å². The molecule has 1 N–H and O–H groups in total. The highest BCUT2D eigenvalue weighted by Gasteiger charge is 2.10. The van der Waals surface area contributed by atoms with Crippen LogP contribution < -0.4 is 10.1 Å². The third-order valence-corrected chi connectivity index (χ3v) is 3.61. The zero-order chi connectivity index (χ0) is 15.4. The van der Waals surface area contributed by atoms with Crippen LogP contribution in [0.2, 0.25) is 5.02 Å². The van der Waals surface area contributed by atoms with Crippen LogP contribution in [0.25, 0.3) is 5.57 Å². The van der Waals surface area contributed by atoms with Crippen LogP contribution in [0, 0.1) is 5.82 Å². The van der Waals surface area contributed by atoms with Gasteiger partial charge in [-0.05, 0) is 30.7 Å². The Hall–Kier alpha value is -1.98. The normalized spacial score (nSPS) is 14.5. The molecule has 22 heavy (non-hydrogen) atoms. The summed E-state index contributed by atoms with van der Waals surface area (Å²) in [5, 5.41) is 3.61. The quantitative estimate of drug-likeness (QED) is 0.940. The molecule has 1 aliphatic rings. The molecule has 0 unspecified atom stereocenters. The van der Waals surface area contributed by atoms with E-state index in [2.05, 4.69) is 21.4 Å². The third-order valence-electron chi connectivity index (χ3n) is 3.37. The van der Waals surface area contributed by atoms with Gasteiger partial charge in [-0.25, -0.2) is 9.37 Å². The number of nitrogens with one attached hydrogen (secondary N) is 1. The van der Waals surface area contributed by atoms with E-state index in [1.165, 1.54) is 6.07 Å². The zero-order valence-electron chi connectivity index (χ0n) is 11.9. The van der Waals surface area contributed by atoms with Crippen LogP contribution in [0.15, 0.2) is 36.5 Å². The fraction of sp³-hybridized carbons (Fsp3) is 0.250. The fourth-order valence-corrected chi connectivity index (χ4v) is 2.35. The van der Waals surface area contributed by atoms with Crippen molar-refractivity contribution in [1.29, 1.82) is 0 Å². The minimum Gasteiger partial charge on any atom is -0.473 e. The van der Waals surface area contributed by atoms with Gasteiger partial charge in [0.15, 0.2) is 5.82 Å². The number of nitrogens with zero attached hydrogens (tertiary/aromatic N) is 2. The van der Waals surface area contributed by atoms with Gasteiger partial charge in [0.2, 0.25) is 5.88 Å². The van der Waals surface area contributed by atoms with Crippen molar-refractivity contribution in [2.45, 2.75) is 13.0 Å². The standard InChI is InChI=1S/C16H15ClFN3O/c17-13-2-1-12(14(18)9-13)10-22-15-5-8-20-16(21-15)11-3-6-19-7-4-11/h1-3,5,8-9,19H,4,6-7,10H2. The number of aromatic nitrogens is 2. The van der Waals surface area contributed by atoms with Crippen LogP contribution in [0.5, 0.6) is 5.88 Å². The number of rotatable bonds is 4. The van der Waals surface area contributed by atoms with E-state index in [0.717, 1.165) is 25.1 Å². The van der Waals surface area contributed by atoms with Crippen molar-refractivity contribution in [3.8, 4) is 5.88 Å². The van der Waals surface area contributed by atoms with E-state index in [-0.39, 0.29) is 12.4 Å². The van der Waals surface area contributed by atoms with Crippen LogP contribution >= 0.6 is 11.6 Å². The van der Waals surface area contributed by atoms with Gasteiger partial charge < -0.3 is 10.1 Å². The molecule has 0 amide bonds. The highest BCUT2D eigenvalue weighted by atomic mass is 35.5. The lowest BCUT2D eigenvalue weighted by molar-refractivity contribution is 0.287. The first-order chi connectivity index (χ1) is 10.7. The molecule has 0 saturated heterocycles. The Morgan fingerprint density at radius 3 is 3.00 bits per heavy atom. The summed E-state index contributed by atoms with van der Waals surface area (Å²) in [6.45, 7) is 1.83. The number of halogens is 2. The van der Waals surface area contributed by atoms with Crippen LogP contribution in [-0.2, 0) is 6.61 Å². The smallest absolute Gasteiger partial charge is 0.217 e. The van der Waals surface area contributed by atoms with Gasteiger partial charge in [-0.15, -0.1) is 0 Å². The first kappa shape index (κ1) is 14.9. The van der Waals surface area contributed by atoms with E-state index in [1.54, 1.807) is 24.4 Å². The van der Waals surface area contributed by atoms with Crippen molar-refractivity contribution in [3.63, 3.8) is 0 Å². The Kier molecular flexibility index (Phi) is 4.65. The summed E-state index contributed by atoms with van der Waals surface area (Å²) in [5.41, 5.74) is 1.53. The van der Waals surface area contributed by atoms with E-state index in [9.17, 15) is 4.39 Å². The topological polar surface area (TPSA) is 47.0 Å². The molecule has 0 spiro atoms. The van der Waals surface area contributed by atoms with Crippen LogP contribution in [0.4, 0.5) is 4.39 Å².